The van der Waals surface area contributed by atoms with Crippen LogP contribution in [0.2, 0.25) is 0 Å². The van der Waals surface area contributed by atoms with E-state index in [1.54, 1.807) is 33.7 Å². The van der Waals surface area contributed by atoms with Crippen molar-refractivity contribution in [2.75, 3.05) is 21.3 Å². The smallest absolute Gasteiger partial charge is 0.203 e. The van der Waals surface area contributed by atoms with Crippen molar-refractivity contribution in [3.8, 4) is 17.2 Å². The van der Waals surface area contributed by atoms with Crippen molar-refractivity contribution < 1.29 is 14.2 Å². The van der Waals surface area contributed by atoms with Crippen LogP contribution < -0.4 is 19.9 Å². The maximum Gasteiger partial charge on any atom is 0.203 e. The van der Waals surface area contributed by atoms with Gasteiger partial charge in [-0.05, 0) is 41.8 Å². The standard InChI is InChI=1S/C16H20N2O3/c1-19-14-9-12(10-15(20-2)16(14)21-3)13(17)8-11-4-6-18-7-5-11/h4-7,9-10,13H,8,17H2,1-3H3. The highest BCUT2D eigenvalue weighted by molar-refractivity contribution is 5.54. The lowest BCUT2D eigenvalue weighted by Crippen LogP contribution is -2.14. The van der Waals surface area contributed by atoms with Gasteiger partial charge in [0.1, 0.15) is 0 Å². The molecule has 1 heterocycles. The number of nitrogens with two attached hydrogens (primary N) is 1. The normalized spacial score (nSPS) is 11.8. The summed E-state index contributed by atoms with van der Waals surface area (Å²) in [7, 11) is 4.77. The maximum absolute atomic E-state index is 6.29. The monoisotopic (exact) mass is 288 g/mol. The van der Waals surface area contributed by atoms with Crippen molar-refractivity contribution in [1.29, 1.82) is 0 Å². The second-order valence-corrected chi connectivity index (χ2v) is 4.62. The van der Waals surface area contributed by atoms with Crippen LogP contribution in [0, 0.1) is 0 Å². The number of methoxy groups -OCH3 is 3. The van der Waals surface area contributed by atoms with Crippen molar-refractivity contribution in [3.05, 3.63) is 47.8 Å². The summed E-state index contributed by atoms with van der Waals surface area (Å²) in [5, 5.41) is 0. The molecule has 0 saturated heterocycles. The molecule has 21 heavy (non-hydrogen) atoms. The van der Waals surface area contributed by atoms with Gasteiger partial charge < -0.3 is 19.9 Å². The predicted molar refractivity (Wildman–Crippen MR) is 81.0 cm³/mol. The maximum atomic E-state index is 6.29. The van der Waals surface area contributed by atoms with Crippen molar-refractivity contribution in [3.63, 3.8) is 0 Å². The first kappa shape index (κ1) is 15.1. The second-order valence-electron chi connectivity index (χ2n) is 4.62. The summed E-state index contributed by atoms with van der Waals surface area (Å²) in [5.41, 5.74) is 8.36. The summed E-state index contributed by atoms with van der Waals surface area (Å²) in [6, 6.07) is 7.51. The largest absolute Gasteiger partial charge is 0.493 e. The van der Waals surface area contributed by atoms with E-state index >= 15 is 0 Å². The SMILES string of the molecule is COc1cc(C(N)Cc2ccncc2)cc(OC)c1OC. The first-order chi connectivity index (χ1) is 10.2. The summed E-state index contributed by atoms with van der Waals surface area (Å²) in [5.74, 6) is 1.79. The Kier molecular flexibility index (Phi) is 5.00. The Bertz CT molecular complexity index is 562. The minimum Gasteiger partial charge on any atom is -0.493 e. The third-order valence-corrected chi connectivity index (χ3v) is 3.32. The second kappa shape index (κ2) is 6.95. The highest BCUT2D eigenvalue weighted by atomic mass is 16.5. The Morgan fingerprint density at radius 1 is 1.00 bits per heavy atom. The molecule has 0 bridgehead atoms. The number of benzene rings is 1. The molecule has 112 valence electrons. The topological polar surface area (TPSA) is 66.6 Å². The molecule has 0 radical (unpaired) electrons. The molecule has 1 aromatic carbocycles. The zero-order valence-electron chi connectivity index (χ0n) is 12.5. The van der Waals surface area contributed by atoms with Crippen LogP contribution in [0.15, 0.2) is 36.7 Å². The van der Waals surface area contributed by atoms with E-state index < -0.39 is 0 Å². The molecule has 0 amide bonds. The van der Waals surface area contributed by atoms with E-state index in [1.165, 1.54) is 0 Å². The van der Waals surface area contributed by atoms with Crippen LogP contribution in [-0.2, 0) is 6.42 Å². The molecule has 1 aromatic heterocycles. The number of ether oxygens (including phenoxy) is 3. The van der Waals surface area contributed by atoms with Crippen LogP contribution in [0.4, 0.5) is 0 Å². The molecule has 5 nitrogen and oxygen atoms in total. The minimum atomic E-state index is -0.166. The first-order valence-corrected chi connectivity index (χ1v) is 6.64. The quantitative estimate of drug-likeness (QED) is 0.883. The molecular formula is C16H20N2O3. The van der Waals surface area contributed by atoms with Gasteiger partial charge in [0, 0.05) is 18.4 Å². The number of nitrogens with zero attached hydrogens (tertiary/aromatic N) is 1. The van der Waals surface area contributed by atoms with Crippen LogP contribution in [-0.4, -0.2) is 26.3 Å². The Labute approximate surface area is 124 Å². The number of aromatic nitrogens is 1. The van der Waals surface area contributed by atoms with E-state index in [2.05, 4.69) is 4.98 Å². The fourth-order valence-corrected chi connectivity index (χ4v) is 2.21. The van der Waals surface area contributed by atoms with Crippen LogP contribution in [0.3, 0.4) is 0 Å². The Morgan fingerprint density at radius 2 is 1.57 bits per heavy atom. The van der Waals surface area contributed by atoms with E-state index in [-0.39, 0.29) is 6.04 Å². The van der Waals surface area contributed by atoms with Crippen LogP contribution in [0.25, 0.3) is 0 Å². The van der Waals surface area contributed by atoms with Crippen LogP contribution in [0.1, 0.15) is 17.2 Å². The highest BCUT2D eigenvalue weighted by Crippen LogP contribution is 2.39. The fourth-order valence-electron chi connectivity index (χ4n) is 2.21. The summed E-state index contributed by atoms with van der Waals surface area (Å²) in [6.45, 7) is 0. The van der Waals surface area contributed by atoms with E-state index in [1.807, 2.05) is 24.3 Å². The third kappa shape index (κ3) is 3.44. The molecule has 2 aromatic rings. The summed E-state index contributed by atoms with van der Waals surface area (Å²) >= 11 is 0. The highest BCUT2D eigenvalue weighted by Gasteiger charge is 2.16. The number of hydrogen-bond donors (Lipinski definition) is 1. The first-order valence-electron chi connectivity index (χ1n) is 6.64. The van der Waals surface area contributed by atoms with E-state index in [9.17, 15) is 0 Å². The van der Waals surface area contributed by atoms with Crippen molar-refractivity contribution in [2.45, 2.75) is 12.5 Å². The molecule has 2 N–H and O–H groups in total. The molecule has 0 aliphatic heterocycles. The lowest BCUT2D eigenvalue weighted by atomic mass is 9.99. The van der Waals surface area contributed by atoms with Gasteiger partial charge in [0.15, 0.2) is 11.5 Å². The molecule has 0 aliphatic rings. The molecule has 0 aliphatic carbocycles. The zero-order chi connectivity index (χ0) is 15.2. The summed E-state index contributed by atoms with van der Waals surface area (Å²) < 4.78 is 16.0. The Balaban J connectivity index is 2.30. The van der Waals surface area contributed by atoms with Crippen LogP contribution >= 0.6 is 0 Å². The Morgan fingerprint density at radius 3 is 2.05 bits per heavy atom. The lowest BCUT2D eigenvalue weighted by molar-refractivity contribution is 0.323. The van der Waals surface area contributed by atoms with E-state index in [0.717, 1.165) is 11.1 Å². The number of hydrogen-bond acceptors (Lipinski definition) is 5. The molecule has 0 spiro atoms. The zero-order valence-corrected chi connectivity index (χ0v) is 12.5. The predicted octanol–water partition coefficient (Wildman–Crippen LogP) is 2.35. The Hall–Kier alpha value is -2.27. The number of pyridine rings is 1. The third-order valence-electron chi connectivity index (χ3n) is 3.32. The van der Waals surface area contributed by atoms with Gasteiger partial charge in [-0.3, -0.25) is 4.98 Å². The molecule has 2 rings (SSSR count). The van der Waals surface area contributed by atoms with Gasteiger partial charge in [-0.25, -0.2) is 0 Å². The molecular weight excluding hydrogens is 268 g/mol. The van der Waals surface area contributed by atoms with Gasteiger partial charge in [-0.15, -0.1) is 0 Å². The molecule has 1 unspecified atom stereocenters. The van der Waals surface area contributed by atoms with Gasteiger partial charge in [0.2, 0.25) is 5.75 Å². The molecule has 5 heteroatoms. The average molecular weight is 288 g/mol. The van der Waals surface area contributed by atoms with Gasteiger partial charge in [0.05, 0.1) is 21.3 Å². The van der Waals surface area contributed by atoms with Gasteiger partial charge in [-0.2, -0.15) is 0 Å². The van der Waals surface area contributed by atoms with Crippen molar-refractivity contribution >= 4 is 0 Å². The van der Waals surface area contributed by atoms with Gasteiger partial charge in [0.25, 0.3) is 0 Å². The van der Waals surface area contributed by atoms with Crippen molar-refractivity contribution in [1.82, 2.24) is 4.98 Å². The summed E-state index contributed by atoms with van der Waals surface area (Å²) in [6.07, 6.45) is 4.23. The lowest BCUT2D eigenvalue weighted by Gasteiger charge is -2.17. The fraction of sp³-hybridized carbons (Fsp3) is 0.312. The molecule has 0 saturated carbocycles. The summed E-state index contributed by atoms with van der Waals surface area (Å²) in [4.78, 5) is 4.01. The molecule has 1 atom stereocenters. The van der Waals surface area contributed by atoms with Crippen LogP contribution in [0.5, 0.6) is 17.2 Å². The molecule has 0 fully saturated rings. The average Bonchev–Trinajstić information content (AvgIpc) is 2.54. The minimum absolute atomic E-state index is 0.166. The number of rotatable bonds is 6. The van der Waals surface area contributed by atoms with Gasteiger partial charge in [-0.1, -0.05) is 0 Å². The van der Waals surface area contributed by atoms with E-state index in [0.29, 0.717) is 23.7 Å². The van der Waals surface area contributed by atoms with Crippen molar-refractivity contribution in [2.24, 2.45) is 5.73 Å². The van der Waals surface area contributed by atoms with Gasteiger partial charge >= 0.3 is 0 Å². The van der Waals surface area contributed by atoms with E-state index in [4.69, 9.17) is 19.9 Å².